The molecular formula is C15H22BrNO. The lowest BCUT2D eigenvalue weighted by atomic mass is 9.90. The first-order valence-corrected chi connectivity index (χ1v) is 7.47. The number of benzene rings is 1. The Morgan fingerprint density at radius 3 is 2.50 bits per heavy atom. The van der Waals surface area contributed by atoms with E-state index in [2.05, 4.69) is 40.7 Å². The summed E-state index contributed by atoms with van der Waals surface area (Å²) in [5.74, 6) is 0. The second kappa shape index (κ2) is 5.72. The van der Waals surface area contributed by atoms with Crippen molar-refractivity contribution in [3.8, 4) is 0 Å². The number of aliphatic hydroxyl groups excluding tert-OH is 1. The second-order valence-corrected chi connectivity index (χ2v) is 6.51. The van der Waals surface area contributed by atoms with Gasteiger partial charge in [-0.3, -0.25) is 4.90 Å². The maximum Gasteiger partial charge on any atom is 0.0759 e. The highest BCUT2D eigenvalue weighted by Crippen LogP contribution is 2.27. The van der Waals surface area contributed by atoms with Crippen molar-refractivity contribution in [3.05, 3.63) is 34.3 Å². The predicted octanol–water partition coefficient (Wildman–Crippen LogP) is 3.23. The third kappa shape index (κ3) is 2.95. The molecule has 0 saturated carbocycles. The molecule has 0 bridgehead atoms. The van der Waals surface area contributed by atoms with Gasteiger partial charge in [0, 0.05) is 16.4 Å². The zero-order chi connectivity index (χ0) is 13.2. The first kappa shape index (κ1) is 14.0. The van der Waals surface area contributed by atoms with Crippen LogP contribution in [0.3, 0.4) is 0 Å². The molecule has 2 rings (SSSR count). The number of halogens is 1. The maximum absolute atomic E-state index is 10.6. The van der Waals surface area contributed by atoms with Crippen LogP contribution in [0.4, 0.5) is 0 Å². The fourth-order valence-electron chi connectivity index (χ4n) is 2.63. The Labute approximate surface area is 118 Å². The van der Waals surface area contributed by atoms with E-state index in [1.165, 1.54) is 18.4 Å². The first-order chi connectivity index (χ1) is 8.51. The lowest BCUT2D eigenvalue weighted by Gasteiger charge is -2.39. The minimum Gasteiger partial charge on any atom is -0.391 e. The normalized spacial score (nSPS) is 19.1. The van der Waals surface area contributed by atoms with E-state index in [9.17, 15) is 5.11 Å². The van der Waals surface area contributed by atoms with Gasteiger partial charge < -0.3 is 5.11 Å². The topological polar surface area (TPSA) is 23.5 Å². The van der Waals surface area contributed by atoms with Gasteiger partial charge in [-0.1, -0.05) is 34.1 Å². The first-order valence-electron chi connectivity index (χ1n) is 6.68. The Hall–Kier alpha value is -0.380. The zero-order valence-corrected chi connectivity index (χ0v) is 12.8. The number of nitrogens with zero attached hydrogens (tertiary/aromatic N) is 1. The van der Waals surface area contributed by atoms with Crippen molar-refractivity contribution >= 4 is 15.9 Å². The highest BCUT2D eigenvalue weighted by Gasteiger charge is 2.35. The van der Waals surface area contributed by atoms with Gasteiger partial charge in [0.2, 0.25) is 0 Å². The molecule has 0 spiro atoms. The van der Waals surface area contributed by atoms with Crippen LogP contribution in [0.1, 0.15) is 32.3 Å². The Bertz CT molecular complexity index is 399. The molecule has 1 fully saturated rings. The molecule has 1 saturated heterocycles. The standard InChI is InChI=1S/C15H22BrNO/c1-15(2,17-9-5-6-10-17)14(18)11-12-7-3-4-8-13(12)16/h3-4,7-8,14,18H,5-6,9-11H2,1-2H3. The molecule has 1 aliphatic heterocycles. The molecule has 1 aliphatic rings. The van der Waals surface area contributed by atoms with E-state index < -0.39 is 0 Å². The van der Waals surface area contributed by atoms with Crippen molar-refractivity contribution in [2.24, 2.45) is 0 Å². The van der Waals surface area contributed by atoms with Gasteiger partial charge in [-0.15, -0.1) is 0 Å². The fourth-order valence-corrected chi connectivity index (χ4v) is 3.07. The monoisotopic (exact) mass is 311 g/mol. The van der Waals surface area contributed by atoms with Gasteiger partial charge >= 0.3 is 0 Å². The highest BCUT2D eigenvalue weighted by atomic mass is 79.9. The van der Waals surface area contributed by atoms with Crippen LogP contribution in [-0.2, 0) is 6.42 Å². The van der Waals surface area contributed by atoms with Crippen molar-refractivity contribution in [2.75, 3.05) is 13.1 Å². The molecule has 1 aromatic rings. The van der Waals surface area contributed by atoms with Gasteiger partial charge in [0.1, 0.15) is 0 Å². The minimum absolute atomic E-state index is 0.147. The summed E-state index contributed by atoms with van der Waals surface area (Å²) < 4.78 is 1.08. The van der Waals surface area contributed by atoms with Gasteiger partial charge in [-0.05, 0) is 51.4 Å². The molecule has 0 aromatic heterocycles. The molecule has 0 radical (unpaired) electrons. The van der Waals surface area contributed by atoms with Crippen LogP contribution in [0.5, 0.6) is 0 Å². The largest absolute Gasteiger partial charge is 0.391 e. The Morgan fingerprint density at radius 1 is 1.28 bits per heavy atom. The number of hydrogen-bond donors (Lipinski definition) is 1. The smallest absolute Gasteiger partial charge is 0.0759 e. The number of aliphatic hydroxyl groups is 1. The Morgan fingerprint density at radius 2 is 1.89 bits per heavy atom. The average Bonchev–Trinajstić information content (AvgIpc) is 2.86. The van der Waals surface area contributed by atoms with Gasteiger partial charge in [0.25, 0.3) is 0 Å². The van der Waals surface area contributed by atoms with Crippen LogP contribution in [0.2, 0.25) is 0 Å². The van der Waals surface area contributed by atoms with E-state index in [1.54, 1.807) is 0 Å². The molecule has 1 aromatic carbocycles. The van der Waals surface area contributed by atoms with E-state index in [0.29, 0.717) is 6.42 Å². The van der Waals surface area contributed by atoms with Crippen LogP contribution in [-0.4, -0.2) is 34.7 Å². The molecule has 1 atom stereocenters. The van der Waals surface area contributed by atoms with Crippen LogP contribution in [0.15, 0.2) is 28.7 Å². The molecule has 100 valence electrons. The van der Waals surface area contributed by atoms with Crippen LogP contribution in [0, 0.1) is 0 Å². The third-order valence-corrected chi connectivity index (χ3v) is 4.88. The summed E-state index contributed by atoms with van der Waals surface area (Å²) in [6, 6.07) is 8.14. The van der Waals surface area contributed by atoms with Gasteiger partial charge in [-0.2, -0.15) is 0 Å². The molecule has 2 nitrogen and oxygen atoms in total. The molecule has 18 heavy (non-hydrogen) atoms. The van der Waals surface area contributed by atoms with Crippen molar-refractivity contribution in [3.63, 3.8) is 0 Å². The van der Waals surface area contributed by atoms with E-state index in [-0.39, 0.29) is 11.6 Å². The van der Waals surface area contributed by atoms with E-state index >= 15 is 0 Å². The van der Waals surface area contributed by atoms with E-state index in [4.69, 9.17) is 0 Å². The van der Waals surface area contributed by atoms with Crippen molar-refractivity contribution in [1.82, 2.24) is 4.90 Å². The number of likely N-dealkylation sites (tertiary alicyclic amines) is 1. The van der Waals surface area contributed by atoms with Crippen LogP contribution in [0.25, 0.3) is 0 Å². The quantitative estimate of drug-likeness (QED) is 0.923. The fraction of sp³-hybridized carbons (Fsp3) is 0.600. The summed E-state index contributed by atoms with van der Waals surface area (Å²) in [4.78, 5) is 2.41. The number of hydrogen-bond acceptors (Lipinski definition) is 2. The average molecular weight is 312 g/mol. The van der Waals surface area contributed by atoms with Crippen LogP contribution >= 0.6 is 15.9 Å². The summed E-state index contributed by atoms with van der Waals surface area (Å²) in [5.41, 5.74) is 1.03. The van der Waals surface area contributed by atoms with Gasteiger partial charge in [0.15, 0.2) is 0 Å². The van der Waals surface area contributed by atoms with E-state index in [0.717, 1.165) is 17.6 Å². The second-order valence-electron chi connectivity index (χ2n) is 5.66. The lowest BCUT2D eigenvalue weighted by molar-refractivity contribution is 0.00329. The Balaban J connectivity index is 2.07. The van der Waals surface area contributed by atoms with Crippen LogP contribution < -0.4 is 0 Å². The van der Waals surface area contributed by atoms with Crippen molar-refractivity contribution in [1.29, 1.82) is 0 Å². The highest BCUT2D eigenvalue weighted by molar-refractivity contribution is 9.10. The summed E-state index contributed by atoms with van der Waals surface area (Å²) in [6.45, 7) is 6.53. The third-order valence-electron chi connectivity index (χ3n) is 4.11. The van der Waals surface area contributed by atoms with E-state index in [1.807, 2.05) is 18.2 Å². The summed E-state index contributed by atoms with van der Waals surface area (Å²) in [5, 5.41) is 10.6. The predicted molar refractivity (Wildman–Crippen MR) is 78.7 cm³/mol. The molecule has 1 unspecified atom stereocenters. The number of rotatable bonds is 4. The maximum atomic E-state index is 10.6. The molecule has 1 N–H and O–H groups in total. The van der Waals surface area contributed by atoms with Crippen molar-refractivity contribution in [2.45, 2.75) is 44.8 Å². The molecule has 3 heteroatoms. The van der Waals surface area contributed by atoms with Crippen molar-refractivity contribution < 1.29 is 5.11 Å². The summed E-state index contributed by atoms with van der Waals surface area (Å²) in [6.07, 6.45) is 2.87. The molecule has 1 heterocycles. The lowest BCUT2D eigenvalue weighted by Crippen LogP contribution is -2.51. The molecule has 0 amide bonds. The summed E-state index contributed by atoms with van der Waals surface area (Å²) >= 11 is 3.55. The SMILES string of the molecule is CC(C)(C(O)Cc1ccccc1Br)N1CCCC1. The summed E-state index contributed by atoms with van der Waals surface area (Å²) in [7, 11) is 0. The van der Waals surface area contributed by atoms with Gasteiger partial charge in [0.05, 0.1) is 6.10 Å². The Kier molecular flexibility index (Phi) is 4.46. The van der Waals surface area contributed by atoms with Gasteiger partial charge in [-0.25, -0.2) is 0 Å². The minimum atomic E-state index is -0.339. The zero-order valence-electron chi connectivity index (χ0n) is 11.2. The molecular weight excluding hydrogens is 290 g/mol. The molecule has 0 aliphatic carbocycles.